The van der Waals surface area contributed by atoms with E-state index in [-0.39, 0.29) is 0 Å². The van der Waals surface area contributed by atoms with Crippen molar-refractivity contribution in [2.24, 2.45) is 0 Å². The molecule has 0 atom stereocenters. The Balaban J connectivity index is 3.45. The lowest BCUT2D eigenvalue weighted by Crippen LogP contribution is -2.06. The van der Waals surface area contributed by atoms with E-state index in [1.807, 2.05) is 0 Å². The number of carbonyl (C=O) groups excluding carboxylic acids is 2. The summed E-state index contributed by atoms with van der Waals surface area (Å²) >= 11 is 11.2. The summed E-state index contributed by atoms with van der Waals surface area (Å²) in [6.07, 6.45) is 15.0. The molecule has 0 saturated heterocycles. The molecule has 0 bridgehead atoms. The van der Waals surface area contributed by atoms with Gasteiger partial charge in [-0.1, -0.05) is 51.4 Å². The standard InChI is InChI=1S/C20H34Cl2O4/c21-15-9-5-1-3-7-11-17-25-19(23)13-14-20(24)26-18-12-8-4-2-6-10-16-22/h13-14H,1-12,15-18H2/b14-13+. The van der Waals surface area contributed by atoms with Gasteiger partial charge < -0.3 is 9.47 Å². The van der Waals surface area contributed by atoms with Crippen LogP contribution >= 0.6 is 23.2 Å². The van der Waals surface area contributed by atoms with Crippen LogP contribution in [0.3, 0.4) is 0 Å². The SMILES string of the molecule is O=C(/C=C/C(=O)OCCCCCCCCCl)OCCCCCCCCCl. The predicted molar refractivity (Wildman–Crippen MR) is 108 cm³/mol. The molecule has 0 unspecified atom stereocenters. The van der Waals surface area contributed by atoms with Gasteiger partial charge in [-0.15, -0.1) is 23.2 Å². The zero-order chi connectivity index (χ0) is 19.3. The van der Waals surface area contributed by atoms with E-state index >= 15 is 0 Å². The number of hydrogen-bond acceptors (Lipinski definition) is 4. The van der Waals surface area contributed by atoms with E-state index in [2.05, 4.69) is 0 Å². The molecule has 26 heavy (non-hydrogen) atoms. The Kier molecular flexibility index (Phi) is 20.0. The van der Waals surface area contributed by atoms with Crippen molar-refractivity contribution >= 4 is 35.1 Å². The van der Waals surface area contributed by atoms with E-state index in [4.69, 9.17) is 32.7 Å². The Hall–Kier alpha value is -0.740. The van der Waals surface area contributed by atoms with Crippen LogP contribution in [0.1, 0.15) is 77.0 Å². The Morgan fingerprint density at radius 2 is 0.846 bits per heavy atom. The van der Waals surface area contributed by atoms with Crippen molar-refractivity contribution in [2.75, 3.05) is 25.0 Å². The first-order valence-electron chi connectivity index (χ1n) is 9.84. The van der Waals surface area contributed by atoms with Crippen molar-refractivity contribution in [1.29, 1.82) is 0 Å². The molecule has 0 rings (SSSR count). The second-order valence-corrected chi connectivity index (χ2v) is 7.04. The Bertz CT molecular complexity index is 339. The summed E-state index contributed by atoms with van der Waals surface area (Å²) in [7, 11) is 0. The molecule has 0 aromatic heterocycles. The molecular weight excluding hydrogens is 375 g/mol. The van der Waals surface area contributed by atoms with E-state index in [1.54, 1.807) is 0 Å². The summed E-state index contributed by atoms with van der Waals surface area (Å²) in [6.45, 7) is 0.773. The van der Waals surface area contributed by atoms with Crippen molar-refractivity contribution in [3.63, 3.8) is 0 Å². The number of unbranched alkanes of at least 4 members (excludes halogenated alkanes) is 10. The second kappa shape index (κ2) is 20.6. The Morgan fingerprint density at radius 3 is 1.19 bits per heavy atom. The van der Waals surface area contributed by atoms with Crippen molar-refractivity contribution in [3.05, 3.63) is 12.2 Å². The van der Waals surface area contributed by atoms with E-state index in [0.29, 0.717) is 13.2 Å². The summed E-state index contributed by atoms with van der Waals surface area (Å²) in [5.74, 6) is 0.453. The van der Waals surface area contributed by atoms with Gasteiger partial charge >= 0.3 is 11.9 Å². The summed E-state index contributed by atoms with van der Waals surface area (Å²) in [6, 6.07) is 0. The molecule has 6 heteroatoms. The molecule has 0 aromatic carbocycles. The van der Waals surface area contributed by atoms with Crippen LogP contribution < -0.4 is 0 Å². The van der Waals surface area contributed by atoms with Gasteiger partial charge in [-0.05, 0) is 25.7 Å². The molecule has 0 aromatic rings. The quantitative estimate of drug-likeness (QED) is 0.124. The van der Waals surface area contributed by atoms with Gasteiger partial charge in [-0.2, -0.15) is 0 Å². The van der Waals surface area contributed by atoms with Crippen molar-refractivity contribution < 1.29 is 19.1 Å². The number of ether oxygens (including phenoxy) is 2. The van der Waals surface area contributed by atoms with E-state index < -0.39 is 11.9 Å². The Morgan fingerprint density at radius 1 is 0.538 bits per heavy atom. The molecule has 4 nitrogen and oxygen atoms in total. The van der Waals surface area contributed by atoms with Gasteiger partial charge in [0, 0.05) is 23.9 Å². The number of esters is 2. The monoisotopic (exact) mass is 408 g/mol. The average molecular weight is 409 g/mol. The zero-order valence-corrected chi connectivity index (χ0v) is 17.4. The third-order valence-corrected chi connectivity index (χ3v) is 4.43. The molecule has 0 heterocycles. The summed E-state index contributed by atoms with van der Waals surface area (Å²) in [5.41, 5.74) is 0. The lowest BCUT2D eigenvalue weighted by molar-refractivity contribution is -0.140. The van der Waals surface area contributed by atoms with Gasteiger partial charge in [0.2, 0.25) is 0 Å². The molecule has 0 N–H and O–H groups in total. The van der Waals surface area contributed by atoms with E-state index in [9.17, 15) is 9.59 Å². The first-order valence-corrected chi connectivity index (χ1v) is 10.9. The minimum absolute atomic E-state index is 0.386. The molecule has 152 valence electrons. The van der Waals surface area contributed by atoms with Crippen molar-refractivity contribution in [3.8, 4) is 0 Å². The highest BCUT2D eigenvalue weighted by molar-refractivity contribution is 6.18. The van der Waals surface area contributed by atoms with Crippen LogP contribution in [-0.2, 0) is 19.1 Å². The van der Waals surface area contributed by atoms with Crippen LogP contribution in [0.5, 0.6) is 0 Å². The normalized spacial score (nSPS) is 11.0. The molecular formula is C20H34Cl2O4. The van der Waals surface area contributed by atoms with Gasteiger partial charge in [-0.25, -0.2) is 9.59 Å². The molecule has 0 spiro atoms. The predicted octanol–water partition coefficient (Wildman–Crippen LogP) is 5.79. The minimum Gasteiger partial charge on any atom is -0.463 e. The van der Waals surface area contributed by atoms with Crippen LogP contribution in [0.4, 0.5) is 0 Å². The number of hydrogen-bond donors (Lipinski definition) is 0. The van der Waals surface area contributed by atoms with Crippen LogP contribution in [0.15, 0.2) is 12.2 Å². The minimum atomic E-state index is -0.497. The fourth-order valence-corrected chi connectivity index (χ4v) is 2.76. The maximum Gasteiger partial charge on any atom is 0.331 e. The number of halogens is 2. The summed E-state index contributed by atoms with van der Waals surface area (Å²) in [4.78, 5) is 23.0. The zero-order valence-electron chi connectivity index (χ0n) is 15.9. The van der Waals surface area contributed by atoms with Crippen LogP contribution in [-0.4, -0.2) is 36.9 Å². The van der Waals surface area contributed by atoms with Gasteiger partial charge in [0.25, 0.3) is 0 Å². The third-order valence-electron chi connectivity index (χ3n) is 3.90. The fourth-order valence-electron chi connectivity index (χ4n) is 2.39. The highest BCUT2D eigenvalue weighted by atomic mass is 35.5. The molecule has 0 radical (unpaired) electrons. The molecule has 0 fully saturated rings. The lowest BCUT2D eigenvalue weighted by atomic mass is 10.1. The van der Waals surface area contributed by atoms with Crippen LogP contribution in [0, 0.1) is 0 Å². The van der Waals surface area contributed by atoms with E-state index in [1.165, 1.54) is 12.8 Å². The average Bonchev–Trinajstić information content (AvgIpc) is 2.64. The van der Waals surface area contributed by atoms with Gasteiger partial charge in [0.1, 0.15) is 0 Å². The maximum absolute atomic E-state index is 11.5. The maximum atomic E-state index is 11.5. The number of rotatable bonds is 18. The highest BCUT2D eigenvalue weighted by Crippen LogP contribution is 2.07. The fraction of sp³-hybridized carbons (Fsp3) is 0.800. The van der Waals surface area contributed by atoms with Gasteiger partial charge in [0.15, 0.2) is 0 Å². The van der Waals surface area contributed by atoms with Crippen LogP contribution in [0.2, 0.25) is 0 Å². The number of alkyl halides is 2. The van der Waals surface area contributed by atoms with Gasteiger partial charge in [-0.3, -0.25) is 0 Å². The molecule has 0 saturated carbocycles. The largest absolute Gasteiger partial charge is 0.463 e. The van der Waals surface area contributed by atoms with Crippen LogP contribution in [0.25, 0.3) is 0 Å². The highest BCUT2D eigenvalue weighted by Gasteiger charge is 2.01. The summed E-state index contributed by atoms with van der Waals surface area (Å²) in [5, 5.41) is 0. The first kappa shape index (κ1) is 25.3. The van der Waals surface area contributed by atoms with E-state index in [0.717, 1.165) is 88.1 Å². The topological polar surface area (TPSA) is 52.6 Å². The van der Waals surface area contributed by atoms with Gasteiger partial charge in [0.05, 0.1) is 13.2 Å². The molecule has 0 aliphatic carbocycles. The molecule has 0 aliphatic heterocycles. The molecule has 0 amide bonds. The first-order chi connectivity index (χ1) is 12.7. The summed E-state index contributed by atoms with van der Waals surface area (Å²) < 4.78 is 10.1. The number of carbonyl (C=O) groups is 2. The second-order valence-electron chi connectivity index (χ2n) is 6.29. The smallest absolute Gasteiger partial charge is 0.331 e. The lowest BCUT2D eigenvalue weighted by Gasteiger charge is -2.03. The van der Waals surface area contributed by atoms with Crippen molar-refractivity contribution in [1.82, 2.24) is 0 Å². The Labute approximate surface area is 168 Å². The third kappa shape index (κ3) is 19.6. The van der Waals surface area contributed by atoms with Crippen molar-refractivity contribution in [2.45, 2.75) is 77.0 Å². The molecule has 0 aliphatic rings.